The van der Waals surface area contributed by atoms with Crippen LogP contribution >= 0.6 is 0 Å². The number of nitrogens with zero attached hydrogens (tertiary/aromatic N) is 1. The van der Waals surface area contributed by atoms with E-state index in [0.29, 0.717) is 12.0 Å². The topological polar surface area (TPSA) is 32.3 Å². The van der Waals surface area contributed by atoms with Crippen LogP contribution in [-0.4, -0.2) is 37.0 Å². The molecule has 102 valence electrons. The van der Waals surface area contributed by atoms with Crippen LogP contribution in [-0.2, 0) is 0 Å². The number of benzene rings is 1. The summed E-state index contributed by atoms with van der Waals surface area (Å²) in [5.41, 5.74) is 2.21. The second-order valence-corrected chi connectivity index (χ2v) is 5.79. The predicted octanol–water partition coefficient (Wildman–Crippen LogP) is 2.39. The third-order valence-electron chi connectivity index (χ3n) is 4.38. The highest BCUT2D eigenvalue weighted by atomic mass is 16.2. The van der Waals surface area contributed by atoms with Crippen LogP contribution in [0.1, 0.15) is 47.5 Å². The summed E-state index contributed by atoms with van der Waals surface area (Å²) in [6, 6.07) is 8.77. The van der Waals surface area contributed by atoms with Crippen molar-refractivity contribution in [2.45, 2.75) is 37.6 Å². The predicted molar refractivity (Wildman–Crippen MR) is 76.4 cm³/mol. The maximum atomic E-state index is 12.2. The van der Waals surface area contributed by atoms with Crippen LogP contribution in [0.5, 0.6) is 0 Å². The lowest BCUT2D eigenvalue weighted by Crippen LogP contribution is -2.29. The first-order valence-electron chi connectivity index (χ1n) is 7.33. The molecule has 3 nitrogen and oxygen atoms in total. The number of amides is 1. The highest BCUT2D eigenvalue weighted by molar-refractivity contribution is 5.94. The minimum atomic E-state index is 0.166. The van der Waals surface area contributed by atoms with Crippen LogP contribution in [0.4, 0.5) is 0 Å². The van der Waals surface area contributed by atoms with E-state index in [2.05, 4.69) is 17.4 Å². The lowest BCUT2D eigenvalue weighted by molar-refractivity contribution is 0.0785. The second-order valence-electron chi connectivity index (χ2n) is 5.79. The van der Waals surface area contributed by atoms with E-state index in [1.807, 2.05) is 24.1 Å². The summed E-state index contributed by atoms with van der Waals surface area (Å²) in [5.74, 6) is 0.825. The van der Waals surface area contributed by atoms with Crippen molar-refractivity contribution in [1.82, 2.24) is 10.2 Å². The number of hydrogen-bond donors (Lipinski definition) is 1. The summed E-state index contributed by atoms with van der Waals surface area (Å²) >= 11 is 0. The van der Waals surface area contributed by atoms with Gasteiger partial charge in [-0.05, 0) is 62.4 Å². The summed E-state index contributed by atoms with van der Waals surface area (Å²) in [6.07, 6.45) is 4.73. The van der Waals surface area contributed by atoms with Gasteiger partial charge < -0.3 is 10.2 Å². The van der Waals surface area contributed by atoms with Gasteiger partial charge in [0.25, 0.3) is 5.91 Å². The molecular formula is C16H22N2O. The number of nitrogens with one attached hydrogen (secondary N) is 1. The van der Waals surface area contributed by atoms with E-state index in [0.717, 1.165) is 31.5 Å². The zero-order valence-corrected chi connectivity index (χ0v) is 11.6. The van der Waals surface area contributed by atoms with Crippen molar-refractivity contribution in [2.24, 2.45) is 0 Å². The van der Waals surface area contributed by atoms with Crippen LogP contribution in [0.2, 0.25) is 0 Å². The maximum Gasteiger partial charge on any atom is 0.253 e. The van der Waals surface area contributed by atoms with Crippen molar-refractivity contribution in [3.8, 4) is 0 Å². The molecule has 3 rings (SSSR count). The Hall–Kier alpha value is -1.35. The molecule has 1 aromatic rings. The summed E-state index contributed by atoms with van der Waals surface area (Å²) in [6.45, 7) is 2.21. The molecule has 1 saturated carbocycles. The van der Waals surface area contributed by atoms with Gasteiger partial charge in [-0.1, -0.05) is 12.1 Å². The Morgan fingerprint density at radius 3 is 2.32 bits per heavy atom. The molecule has 1 amide bonds. The number of piperidine rings is 1. The van der Waals surface area contributed by atoms with Gasteiger partial charge in [0.15, 0.2) is 0 Å². The molecule has 19 heavy (non-hydrogen) atoms. The van der Waals surface area contributed by atoms with Crippen molar-refractivity contribution < 1.29 is 4.79 Å². The minimum absolute atomic E-state index is 0.166. The van der Waals surface area contributed by atoms with E-state index in [1.54, 1.807) is 0 Å². The molecule has 1 heterocycles. The molecule has 0 bridgehead atoms. The van der Waals surface area contributed by atoms with Gasteiger partial charge in [-0.25, -0.2) is 0 Å². The first-order chi connectivity index (χ1) is 9.25. The molecule has 0 atom stereocenters. The molecule has 1 aliphatic carbocycles. The van der Waals surface area contributed by atoms with Gasteiger partial charge in [0.1, 0.15) is 0 Å². The van der Waals surface area contributed by atoms with Crippen molar-refractivity contribution in [2.75, 3.05) is 20.1 Å². The molecule has 0 radical (unpaired) electrons. The van der Waals surface area contributed by atoms with Crippen LogP contribution in [0.15, 0.2) is 24.3 Å². The smallest absolute Gasteiger partial charge is 0.253 e. The molecule has 0 aromatic heterocycles. The second kappa shape index (κ2) is 5.33. The summed E-state index contributed by atoms with van der Waals surface area (Å²) < 4.78 is 0. The summed E-state index contributed by atoms with van der Waals surface area (Å²) in [5, 5.41) is 3.39. The molecule has 1 aromatic carbocycles. The molecule has 1 N–H and O–H groups in total. The molecule has 0 spiro atoms. The highest BCUT2D eigenvalue weighted by Crippen LogP contribution is 2.28. The van der Waals surface area contributed by atoms with E-state index in [1.165, 1.54) is 18.4 Å². The molecule has 2 aliphatic rings. The molecule has 1 aliphatic heterocycles. The standard InChI is InChI=1S/C16H22N2O/c1-18(15-6-7-15)16(19)14-4-2-12(3-5-14)13-8-10-17-11-9-13/h2-5,13,15,17H,6-11H2,1H3. The van der Waals surface area contributed by atoms with Gasteiger partial charge in [0.05, 0.1) is 0 Å². The average molecular weight is 258 g/mol. The first kappa shape index (κ1) is 12.7. The number of carbonyl (C=O) groups is 1. The molecule has 1 saturated heterocycles. The SMILES string of the molecule is CN(C(=O)c1ccc(C2CCNCC2)cc1)C1CC1. The fourth-order valence-corrected chi connectivity index (χ4v) is 2.88. The Morgan fingerprint density at radius 1 is 1.11 bits per heavy atom. The number of rotatable bonds is 3. The van der Waals surface area contributed by atoms with Crippen molar-refractivity contribution >= 4 is 5.91 Å². The Labute approximate surface area is 115 Å². The van der Waals surface area contributed by atoms with Gasteiger partial charge in [-0.2, -0.15) is 0 Å². The average Bonchev–Trinajstić information content (AvgIpc) is 3.31. The molecule has 0 unspecified atom stereocenters. The van der Waals surface area contributed by atoms with Crippen LogP contribution in [0, 0.1) is 0 Å². The first-order valence-corrected chi connectivity index (χ1v) is 7.33. The molecule has 2 fully saturated rings. The lowest BCUT2D eigenvalue weighted by Gasteiger charge is -2.23. The quantitative estimate of drug-likeness (QED) is 0.903. The Kier molecular flexibility index (Phi) is 3.56. The summed E-state index contributed by atoms with van der Waals surface area (Å²) in [7, 11) is 1.92. The van der Waals surface area contributed by atoms with E-state index in [9.17, 15) is 4.79 Å². The largest absolute Gasteiger partial charge is 0.339 e. The zero-order valence-electron chi connectivity index (χ0n) is 11.6. The van der Waals surface area contributed by atoms with E-state index in [4.69, 9.17) is 0 Å². The van der Waals surface area contributed by atoms with Gasteiger partial charge >= 0.3 is 0 Å². The van der Waals surface area contributed by atoms with E-state index < -0.39 is 0 Å². The maximum absolute atomic E-state index is 12.2. The minimum Gasteiger partial charge on any atom is -0.339 e. The van der Waals surface area contributed by atoms with Crippen LogP contribution < -0.4 is 5.32 Å². The number of carbonyl (C=O) groups excluding carboxylic acids is 1. The third kappa shape index (κ3) is 2.81. The zero-order chi connectivity index (χ0) is 13.2. The fourth-order valence-electron chi connectivity index (χ4n) is 2.88. The van der Waals surface area contributed by atoms with Crippen molar-refractivity contribution in [3.05, 3.63) is 35.4 Å². The molecule has 3 heteroatoms. The van der Waals surface area contributed by atoms with E-state index in [-0.39, 0.29) is 5.91 Å². The van der Waals surface area contributed by atoms with Gasteiger partial charge in [-0.15, -0.1) is 0 Å². The van der Waals surface area contributed by atoms with Gasteiger partial charge in [0.2, 0.25) is 0 Å². The third-order valence-corrected chi connectivity index (χ3v) is 4.38. The van der Waals surface area contributed by atoms with E-state index >= 15 is 0 Å². The Morgan fingerprint density at radius 2 is 1.74 bits per heavy atom. The van der Waals surface area contributed by atoms with Crippen molar-refractivity contribution in [1.29, 1.82) is 0 Å². The van der Waals surface area contributed by atoms with Gasteiger partial charge in [-0.3, -0.25) is 4.79 Å². The summed E-state index contributed by atoms with van der Waals surface area (Å²) in [4.78, 5) is 14.1. The number of hydrogen-bond acceptors (Lipinski definition) is 2. The van der Waals surface area contributed by atoms with Crippen LogP contribution in [0.3, 0.4) is 0 Å². The highest BCUT2D eigenvalue weighted by Gasteiger charge is 2.30. The Balaban J connectivity index is 1.69. The van der Waals surface area contributed by atoms with Crippen molar-refractivity contribution in [3.63, 3.8) is 0 Å². The van der Waals surface area contributed by atoms with Gasteiger partial charge in [0, 0.05) is 18.7 Å². The van der Waals surface area contributed by atoms with Crippen LogP contribution in [0.25, 0.3) is 0 Å². The fraction of sp³-hybridized carbons (Fsp3) is 0.562. The monoisotopic (exact) mass is 258 g/mol. The molecular weight excluding hydrogens is 236 g/mol. The Bertz CT molecular complexity index is 444. The normalized spacial score (nSPS) is 20.3. The lowest BCUT2D eigenvalue weighted by atomic mass is 9.90.